The summed E-state index contributed by atoms with van der Waals surface area (Å²) in [5.41, 5.74) is -0.582. The summed E-state index contributed by atoms with van der Waals surface area (Å²) in [5, 5.41) is 21.5. The third kappa shape index (κ3) is 15.1. The van der Waals surface area contributed by atoms with E-state index in [9.17, 15) is 14.7 Å². The molecule has 0 aromatic carbocycles. The molecule has 0 radical (unpaired) electrons. The fourth-order valence-corrected chi connectivity index (χ4v) is 8.36. The monoisotopic (exact) mass is 546 g/mol. The molecule has 5 atom stereocenters. The summed E-state index contributed by atoms with van der Waals surface area (Å²) in [6, 6.07) is 0. The highest BCUT2D eigenvalue weighted by molar-refractivity contribution is 8.01. The Bertz CT molecular complexity index is 581. The van der Waals surface area contributed by atoms with E-state index in [2.05, 4.69) is 23.5 Å². The summed E-state index contributed by atoms with van der Waals surface area (Å²) in [4.78, 5) is 22.1. The molecule has 4 nitrogen and oxygen atoms in total. The molecule has 2 aliphatic rings. The maximum absolute atomic E-state index is 11.2. The Labute approximate surface area is 231 Å². The van der Waals surface area contributed by atoms with Crippen LogP contribution in [0.3, 0.4) is 0 Å². The van der Waals surface area contributed by atoms with Crippen LogP contribution >= 0.6 is 23.5 Å². The molecule has 2 fully saturated rings. The average molecular weight is 547 g/mol. The zero-order valence-corrected chi connectivity index (χ0v) is 26.2. The van der Waals surface area contributed by atoms with Gasteiger partial charge in [-0.2, -0.15) is 23.5 Å². The van der Waals surface area contributed by atoms with Gasteiger partial charge in [0.2, 0.25) is 0 Å². The van der Waals surface area contributed by atoms with Crippen LogP contribution in [0.15, 0.2) is 0 Å². The second kappa shape index (κ2) is 20.6. The lowest BCUT2D eigenvalue weighted by Crippen LogP contribution is -2.23. The molecule has 2 heterocycles. The van der Waals surface area contributed by atoms with Gasteiger partial charge in [-0.15, -0.1) is 0 Å². The van der Waals surface area contributed by atoms with Gasteiger partial charge < -0.3 is 10.2 Å². The van der Waals surface area contributed by atoms with Gasteiger partial charge in [0.05, 0.1) is 11.3 Å². The number of hydrogen-bond acceptors (Lipinski definition) is 4. The first-order valence-electron chi connectivity index (χ1n) is 14.9. The van der Waals surface area contributed by atoms with Gasteiger partial charge >= 0.3 is 11.9 Å². The Morgan fingerprint density at radius 1 is 0.722 bits per heavy atom. The van der Waals surface area contributed by atoms with Crippen molar-refractivity contribution in [3.8, 4) is 0 Å². The second-order valence-electron chi connectivity index (χ2n) is 10.8. The molecule has 2 rings (SSSR count). The van der Waals surface area contributed by atoms with Gasteiger partial charge in [0, 0.05) is 21.0 Å². The van der Waals surface area contributed by atoms with Crippen LogP contribution < -0.4 is 0 Å². The van der Waals surface area contributed by atoms with E-state index in [0.717, 1.165) is 53.1 Å². The summed E-state index contributed by atoms with van der Waals surface area (Å²) in [7, 11) is 0. The van der Waals surface area contributed by atoms with E-state index in [1.807, 2.05) is 48.5 Å². The van der Waals surface area contributed by atoms with Gasteiger partial charge in [-0.3, -0.25) is 9.59 Å². The maximum Gasteiger partial charge on any atom is 0.309 e. The Balaban J connectivity index is 0.00000291. The number of aliphatic carboxylic acids is 2. The van der Waals surface area contributed by atoms with Crippen molar-refractivity contribution in [1.29, 1.82) is 0 Å². The highest BCUT2D eigenvalue weighted by Gasteiger charge is 2.29. The van der Waals surface area contributed by atoms with Gasteiger partial charge in [0.1, 0.15) is 0 Å². The smallest absolute Gasteiger partial charge is 0.309 e. The van der Waals surface area contributed by atoms with E-state index in [1.165, 1.54) is 64.2 Å². The molecule has 214 valence electrons. The standard InChI is InChI=1S/C26H46O4S2.2C2H6/c1-19(24(27)28)9-4-5-10-20-14-16-22(31-20)12-8-13-23-17-15-21(32-23)11-6-7-18-26(2,3)25(29)30;2*1-2/h19-23H,4-18H2,1-3H3,(H,27,28)(H,29,30);2*1-2H3. The van der Waals surface area contributed by atoms with E-state index >= 15 is 0 Å². The van der Waals surface area contributed by atoms with Gasteiger partial charge in [0.15, 0.2) is 0 Å². The maximum atomic E-state index is 11.2. The molecule has 36 heavy (non-hydrogen) atoms. The SMILES string of the molecule is CC.CC.CC(CCCCC1CCC(CCCC2CCC(CCCCC(C)(C)C(=O)O)S2)S1)C(=O)O. The molecule has 0 aliphatic carbocycles. The minimum atomic E-state index is -0.676. The van der Waals surface area contributed by atoms with Crippen LogP contribution in [0.4, 0.5) is 0 Å². The zero-order chi connectivity index (χ0) is 27.6. The van der Waals surface area contributed by atoms with E-state index in [1.54, 1.807) is 0 Å². The Morgan fingerprint density at radius 2 is 1.11 bits per heavy atom. The van der Waals surface area contributed by atoms with Crippen LogP contribution in [0, 0.1) is 11.3 Å². The summed E-state index contributed by atoms with van der Waals surface area (Å²) in [6.07, 6.45) is 18.0. The summed E-state index contributed by atoms with van der Waals surface area (Å²) in [5.74, 6) is -1.53. The van der Waals surface area contributed by atoms with Crippen LogP contribution in [0.2, 0.25) is 0 Å². The Hall–Kier alpha value is -0.360. The van der Waals surface area contributed by atoms with Crippen LogP contribution in [-0.2, 0) is 9.59 Å². The molecule has 0 bridgehead atoms. The number of hydrogen-bond donors (Lipinski definition) is 2. The predicted molar refractivity (Wildman–Crippen MR) is 161 cm³/mol. The fourth-order valence-electron chi connectivity index (χ4n) is 4.97. The van der Waals surface area contributed by atoms with Gasteiger partial charge in [-0.05, 0) is 78.1 Å². The van der Waals surface area contributed by atoms with E-state index in [4.69, 9.17) is 5.11 Å². The molecule has 2 N–H and O–H groups in total. The first-order chi connectivity index (χ1) is 17.2. The third-order valence-corrected chi connectivity index (χ3v) is 10.9. The van der Waals surface area contributed by atoms with Gasteiger partial charge in [0.25, 0.3) is 0 Å². The molecule has 0 saturated carbocycles. The lowest BCUT2D eigenvalue weighted by Gasteiger charge is -2.19. The molecule has 5 unspecified atom stereocenters. The lowest BCUT2D eigenvalue weighted by atomic mass is 9.87. The molecule has 2 aliphatic heterocycles. The average Bonchev–Trinajstić information content (AvgIpc) is 3.51. The van der Waals surface area contributed by atoms with Crippen molar-refractivity contribution in [2.45, 2.75) is 166 Å². The number of thioether (sulfide) groups is 2. The number of carboxylic acids is 2. The first-order valence-corrected chi connectivity index (χ1v) is 16.8. The van der Waals surface area contributed by atoms with Crippen LogP contribution in [0.5, 0.6) is 0 Å². The first kappa shape index (κ1) is 35.6. The molecular formula is C30H58O4S2. The molecule has 0 aromatic heterocycles. The molecule has 0 amide bonds. The van der Waals surface area contributed by atoms with Crippen molar-refractivity contribution in [3.63, 3.8) is 0 Å². The van der Waals surface area contributed by atoms with E-state index < -0.39 is 17.4 Å². The topological polar surface area (TPSA) is 74.6 Å². The highest BCUT2D eigenvalue weighted by Crippen LogP contribution is 2.42. The van der Waals surface area contributed by atoms with Crippen molar-refractivity contribution in [2.75, 3.05) is 0 Å². The Kier molecular flexibility index (Phi) is 20.4. The molecule has 2 saturated heterocycles. The van der Waals surface area contributed by atoms with Crippen molar-refractivity contribution in [3.05, 3.63) is 0 Å². The van der Waals surface area contributed by atoms with Crippen molar-refractivity contribution in [1.82, 2.24) is 0 Å². The Morgan fingerprint density at radius 3 is 1.50 bits per heavy atom. The third-order valence-electron chi connectivity index (χ3n) is 7.43. The van der Waals surface area contributed by atoms with Crippen molar-refractivity contribution < 1.29 is 19.8 Å². The number of carboxylic acid groups (broad SMARTS) is 2. The van der Waals surface area contributed by atoms with Crippen LogP contribution in [-0.4, -0.2) is 43.2 Å². The van der Waals surface area contributed by atoms with Crippen LogP contribution in [0.1, 0.15) is 145 Å². The normalized spacial score (nSPS) is 24.3. The number of rotatable bonds is 16. The van der Waals surface area contributed by atoms with Crippen LogP contribution in [0.25, 0.3) is 0 Å². The second-order valence-corrected chi connectivity index (χ2v) is 14.0. The summed E-state index contributed by atoms with van der Waals surface area (Å²) >= 11 is 4.42. The summed E-state index contributed by atoms with van der Waals surface area (Å²) < 4.78 is 0. The molecule has 6 heteroatoms. The van der Waals surface area contributed by atoms with Gasteiger partial charge in [-0.1, -0.05) is 66.7 Å². The lowest BCUT2D eigenvalue weighted by molar-refractivity contribution is -0.147. The molecule has 0 aromatic rings. The van der Waals surface area contributed by atoms with E-state index in [0.29, 0.717) is 0 Å². The number of carbonyl (C=O) groups is 2. The van der Waals surface area contributed by atoms with Crippen molar-refractivity contribution in [2.24, 2.45) is 11.3 Å². The van der Waals surface area contributed by atoms with E-state index in [-0.39, 0.29) is 5.92 Å². The largest absolute Gasteiger partial charge is 0.481 e. The highest BCUT2D eigenvalue weighted by atomic mass is 32.2. The quantitative estimate of drug-likeness (QED) is 0.188. The van der Waals surface area contributed by atoms with Crippen molar-refractivity contribution >= 4 is 35.5 Å². The minimum Gasteiger partial charge on any atom is -0.481 e. The summed E-state index contributed by atoms with van der Waals surface area (Å²) in [6.45, 7) is 13.5. The number of unbranched alkanes of at least 4 members (excludes halogenated alkanes) is 2. The molecular weight excluding hydrogens is 488 g/mol. The predicted octanol–water partition coefficient (Wildman–Crippen LogP) is 9.69. The van der Waals surface area contributed by atoms with Gasteiger partial charge in [-0.25, -0.2) is 0 Å². The minimum absolute atomic E-state index is 0.198. The molecule has 0 spiro atoms. The zero-order valence-electron chi connectivity index (χ0n) is 24.5. The fraction of sp³-hybridized carbons (Fsp3) is 0.933.